The van der Waals surface area contributed by atoms with Crippen molar-refractivity contribution in [3.8, 4) is 0 Å². The van der Waals surface area contributed by atoms with E-state index in [0.717, 1.165) is 5.69 Å². The predicted molar refractivity (Wildman–Crippen MR) is 49.3 cm³/mol. The van der Waals surface area contributed by atoms with Gasteiger partial charge in [-0.25, -0.2) is 9.07 Å². The van der Waals surface area contributed by atoms with Crippen molar-refractivity contribution < 1.29 is 9.50 Å². The average Bonchev–Trinajstić information content (AvgIpc) is 2.52. The molecule has 2 unspecified atom stereocenters. The van der Waals surface area contributed by atoms with Gasteiger partial charge in [-0.15, -0.1) is 5.10 Å². The molecule has 6 heteroatoms. The number of aliphatic hydroxyl groups is 1. The number of aliphatic hydroxyl groups excluding tert-OH is 1. The maximum atomic E-state index is 12.0. The van der Waals surface area contributed by atoms with Gasteiger partial charge >= 0.3 is 0 Å². The summed E-state index contributed by atoms with van der Waals surface area (Å²) in [4.78, 5) is 0.0920. The molecule has 0 bridgehead atoms. The van der Waals surface area contributed by atoms with E-state index in [9.17, 15) is 4.39 Å². The fourth-order valence-electron chi connectivity index (χ4n) is 0.964. The fraction of sp³-hybridized carbons (Fsp3) is 0.714. The van der Waals surface area contributed by atoms with E-state index < -0.39 is 12.8 Å². The van der Waals surface area contributed by atoms with E-state index in [1.165, 1.54) is 4.68 Å². The molecule has 0 amide bonds. The van der Waals surface area contributed by atoms with Crippen molar-refractivity contribution in [1.29, 1.82) is 0 Å². The molecule has 2 atom stereocenters. The first-order valence-electron chi connectivity index (χ1n) is 3.91. The standard InChI is InChI=1S/C7H11BrFN3O/c1-5(8)7-3-10-11-12(7)4-6(13)2-9/h3,5-6,13H,2,4H2,1H3. The lowest BCUT2D eigenvalue weighted by Gasteiger charge is -2.09. The van der Waals surface area contributed by atoms with Crippen LogP contribution in [0.2, 0.25) is 0 Å². The van der Waals surface area contributed by atoms with Crippen molar-refractivity contribution in [2.24, 2.45) is 0 Å². The van der Waals surface area contributed by atoms with E-state index in [2.05, 4.69) is 26.2 Å². The fourth-order valence-corrected chi connectivity index (χ4v) is 1.32. The summed E-state index contributed by atoms with van der Waals surface area (Å²) in [6.07, 6.45) is 0.580. The Morgan fingerprint density at radius 2 is 2.46 bits per heavy atom. The normalized spacial score (nSPS) is 15.7. The summed E-state index contributed by atoms with van der Waals surface area (Å²) in [5.41, 5.74) is 0.826. The smallest absolute Gasteiger partial charge is 0.117 e. The predicted octanol–water partition coefficient (Wildman–Crippen LogP) is 1.06. The Morgan fingerprint density at radius 3 is 3.00 bits per heavy atom. The van der Waals surface area contributed by atoms with Crippen LogP contribution in [0.5, 0.6) is 0 Å². The van der Waals surface area contributed by atoms with E-state index in [4.69, 9.17) is 5.11 Å². The maximum Gasteiger partial charge on any atom is 0.117 e. The quantitative estimate of drug-likeness (QED) is 0.815. The van der Waals surface area contributed by atoms with Crippen LogP contribution < -0.4 is 0 Å². The van der Waals surface area contributed by atoms with Gasteiger partial charge in [0.1, 0.15) is 12.8 Å². The molecule has 0 aliphatic heterocycles. The van der Waals surface area contributed by atoms with E-state index >= 15 is 0 Å². The highest BCUT2D eigenvalue weighted by Crippen LogP contribution is 2.19. The zero-order valence-electron chi connectivity index (χ0n) is 7.19. The van der Waals surface area contributed by atoms with Crippen LogP contribution in [-0.4, -0.2) is 32.9 Å². The Morgan fingerprint density at radius 1 is 1.77 bits per heavy atom. The van der Waals surface area contributed by atoms with Crippen LogP contribution in [0.4, 0.5) is 4.39 Å². The molecule has 1 aromatic heterocycles. The molecule has 0 aromatic carbocycles. The van der Waals surface area contributed by atoms with Crippen LogP contribution in [0.15, 0.2) is 6.20 Å². The zero-order valence-corrected chi connectivity index (χ0v) is 8.78. The Kier molecular flexibility index (Phi) is 3.80. The van der Waals surface area contributed by atoms with E-state index in [-0.39, 0.29) is 11.4 Å². The lowest BCUT2D eigenvalue weighted by atomic mass is 10.3. The summed E-state index contributed by atoms with van der Waals surface area (Å²) in [7, 11) is 0. The van der Waals surface area contributed by atoms with Crippen molar-refractivity contribution in [3.63, 3.8) is 0 Å². The first-order chi connectivity index (χ1) is 6.15. The van der Waals surface area contributed by atoms with Crippen LogP contribution in [-0.2, 0) is 6.54 Å². The molecule has 4 nitrogen and oxygen atoms in total. The molecule has 1 aromatic rings. The first kappa shape index (κ1) is 10.6. The van der Waals surface area contributed by atoms with Gasteiger partial charge in [0.15, 0.2) is 0 Å². The summed E-state index contributed by atoms with van der Waals surface area (Å²) in [5, 5.41) is 16.5. The average molecular weight is 252 g/mol. The highest BCUT2D eigenvalue weighted by molar-refractivity contribution is 9.09. The molecule has 1 N–H and O–H groups in total. The van der Waals surface area contributed by atoms with Crippen molar-refractivity contribution in [2.45, 2.75) is 24.4 Å². The van der Waals surface area contributed by atoms with Crippen molar-refractivity contribution >= 4 is 15.9 Å². The number of hydrogen-bond acceptors (Lipinski definition) is 3. The molecule has 13 heavy (non-hydrogen) atoms. The third-order valence-electron chi connectivity index (χ3n) is 1.62. The Bertz CT molecular complexity index is 266. The number of aromatic nitrogens is 3. The van der Waals surface area contributed by atoms with Crippen LogP contribution in [0, 0.1) is 0 Å². The van der Waals surface area contributed by atoms with Crippen molar-refractivity contribution in [2.75, 3.05) is 6.67 Å². The number of halogens is 2. The van der Waals surface area contributed by atoms with Gasteiger partial charge in [0.25, 0.3) is 0 Å². The highest BCUT2D eigenvalue weighted by atomic mass is 79.9. The molecular weight excluding hydrogens is 241 g/mol. The van der Waals surface area contributed by atoms with E-state index in [1.807, 2.05) is 6.92 Å². The van der Waals surface area contributed by atoms with Crippen molar-refractivity contribution in [3.05, 3.63) is 11.9 Å². The van der Waals surface area contributed by atoms with Gasteiger partial charge in [0.05, 0.1) is 23.3 Å². The van der Waals surface area contributed by atoms with Gasteiger partial charge in [-0.05, 0) is 6.92 Å². The summed E-state index contributed by atoms with van der Waals surface area (Å²) in [6, 6.07) is 0. The molecule has 1 rings (SSSR count). The third kappa shape index (κ3) is 2.73. The summed E-state index contributed by atoms with van der Waals surface area (Å²) in [5.74, 6) is 0. The first-order valence-corrected chi connectivity index (χ1v) is 4.83. The largest absolute Gasteiger partial charge is 0.388 e. The summed E-state index contributed by atoms with van der Waals surface area (Å²) < 4.78 is 13.5. The molecule has 0 spiro atoms. The van der Waals surface area contributed by atoms with Crippen LogP contribution in [0.25, 0.3) is 0 Å². The minimum Gasteiger partial charge on any atom is -0.388 e. The van der Waals surface area contributed by atoms with Crippen LogP contribution >= 0.6 is 15.9 Å². The Balaban J connectivity index is 2.70. The molecule has 0 aliphatic carbocycles. The zero-order chi connectivity index (χ0) is 9.84. The lowest BCUT2D eigenvalue weighted by Crippen LogP contribution is -2.20. The number of nitrogens with zero attached hydrogens (tertiary/aromatic N) is 3. The van der Waals surface area contributed by atoms with Crippen LogP contribution in [0.1, 0.15) is 17.4 Å². The molecule has 0 saturated carbocycles. The number of hydrogen-bond donors (Lipinski definition) is 1. The van der Waals surface area contributed by atoms with Gasteiger partial charge < -0.3 is 5.11 Å². The van der Waals surface area contributed by atoms with Gasteiger partial charge in [0, 0.05) is 0 Å². The van der Waals surface area contributed by atoms with Gasteiger partial charge in [-0.2, -0.15) is 0 Å². The molecule has 0 aliphatic rings. The van der Waals surface area contributed by atoms with Gasteiger partial charge in [-0.1, -0.05) is 21.1 Å². The second-order valence-electron chi connectivity index (χ2n) is 2.77. The monoisotopic (exact) mass is 251 g/mol. The Hall–Kier alpha value is -0.490. The van der Waals surface area contributed by atoms with Crippen LogP contribution in [0.3, 0.4) is 0 Å². The number of rotatable bonds is 4. The lowest BCUT2D eigenvalue weighted by molar-refractivity contribution is 0.116. The molecule has 74 valence electrons. The highest BCUT2D eigenvalue weighted by Gasteiger charge is 2.12. The summed E-state index contributed by atoms with van der Waals surface area (Å²) in [6.45, 7) is 1.29. The number of alkyl halides is 2. The van der Waals surface area contributed by atoms with E-state index in [1.54, 1.807) is 6.20 Å². The maximum absolute atomic E-state index is 12.0. The van der Waals surface area contributed by atoms with Crippen molar-refractivity contribution in [1.82, 2.24) is 15.0 Å². The van der Waals surface area contributed by atoms with E-state index in [0.29, 0.717) is 0 Å². The summed E-state index contributed by atoms with van der Waals surface area (Å²) >= 11 is 3.35. The molecule has 0 saturated heterocycles. The second-order valence-corrected chi connectivity index (χ2v) is 4.14. The van der Waals surface area contributed by atoms with Gasteiger partial charge in [-0.3, -0.25) is 0 Å². The minimum atomic E-state index is -1.01. The van der Waals surface area contributed by atoms with Gasteiger partial charge in [0.2, 0.25) is 0 Å². The molecule has 0 fully saturated rings. The molecule has 1 heterocycles. The molecule has 0 radical (unpaired) electrons. The Labute approximate surface area is 83.9 Å². The third-order valence-corrected chi connectivity index (χ3v) is 2.09. The SMILES string of the molecule is CC(Br)c1cnnn1CC(O)CF. The molecular formula is C7H11BrFN3O. The second kappa shape index (κ2) is 4.66. The topological polar surface area (TPSA) is 50.9 Å². The minimum absolute atomic E-state index is 0.0920.